The summed E-state index contributed by atoms with van der Waals surface area (Å²) in [6.45, 7) is 4.19. The summed E-state index contributed by atoms with van der Waals surface area (Å²) in [5.74, 6) is -0.477. The van der Waals surface area contributed by atoms with Crippen LogP contribution in [-0.4, -0.2) is 38.1 Å². The third-order valence-electron chi connectivity index (χ3n) is 4.48. The Hall–Kier alpha value is -2.83. The second kappa shape index (κ2) is 10.1. The van der Waals surface area contributed by atoms with Gasteiger partial charge < -0.3 is 20.3 Å². The molecule has 3 rings (SSSR count). The van der Waals surface area contributed by atoms with Crippen molar-refractivity contribution in [2.24, 2.45) is 0 Å². The molecular formula is C22H24ClN3O3. The fraction of sp³-hybridized carbons (Fsp3) is 0.273. The van der Waals surface area contributed by atoms with Crippen molar-refractivity contribution >= 4 is 40.5 Å². The smallest absolute Gasteiger partial charge is 0.330 e. The van der Waals surface area contributed by atoms with Gasteiger partial charge in [-0.15, -0.1) is 0 Å². The van der Waals surface area contributed by atoms with Crippen molar-refractivity contribution in [1.29, 1.82) is 0 Å². The molecular weight excluding hydrogens is 390 g/mol. The molecule has 0 bridgehead atoms. The van der Waals surface area contributed by atoms with E-state index in [1.807, 2.05) is 30.3 Å². The summed E-state index contributed by atoms with van der Waals surface area (Å²) in [5.41, 5.74) is 3.09. The summed E-state index contributed by atoms with van der Waals surface area (Å²) in [4.78, 5) is 26.0. The minimum absolute atomic E-state index is 0.145. The van der Waals surface area contributed by atoms with Gasteiger partial charge in [-0.1, -0.05) is 29.8 Å². The summed E-state index contributed by atoms with van der Waals surface area (Å²) in [7, 11) is 0. The quantitative estimate of drug-likeness (QED) is 0.386. The fourth-order valence-electron chi connectivity index (χ4n) is 3.19. The average molecular weight is 414 g/mol. The Bertz CT molecular complexity index is 914. The zero-order valence-corrected chi connectivity index (χ0v) is 17.0. The normalized spacial score (nSPS) is 12.9. The number of fused-ring (bicyclic) bond motifs is 2. The molecule has 0 unspecified atom stereocenters. The molecule has 0 atom stereocenters. The molecule has 1 aliphatic heterocycles. The van der Waals surface area contributed by atoms with E-state index in [9.17, 15) is 9.59 Å². The van der Waals surface area contributed by atoms with Crippen LogP contribution in [-0.2, 0) is 9.53 Å². The highest BCUT2D eigenvalue weighted by Gasteiger charge is 2.24. The van der Waals surface area contributed by atoms with Crippen molar-refractivity contribution in [2.75, 3.05) is 36.5 Å². The van der Waals surface area contributed by atoms with Crippen LogP contribution in [0.3, 0.4) is 0 Å². The van der Waals surface area contributed by atoms with E-state index in [4.69, 9.17) is 16.3 Å². The lowest BCUT2D eigenvalue weighted by Gasteiger charge is -2.26. The number of ether oxygens (including phenoxy) is 1. The molecule has 0 saturated carbocycles. The van der Waals surface area contributed by atoms with Crippen molar-refractivity contribution in [1.82, 2.24) is 5.32 Å². The standard InChI is InChI=1S/C22H24ClN3O3/c1-2-29-21(27)9-5-12-24-13-6-14-26-19-8-4-3-7-18(19)25-22(28)17-11-10-16(23)15-20(17)26/h3-5,7-11,15,24H,2,6,12-14H2,1H3,(H,25,28)/b9-5+. The van der Waals surface area contributed by atoms with Crippen LogP contribution >= 0.6 is 11.6 Å². The molecule has 1 heterocycles. The highest BCUT2D eigenvalue weighted by Crippen LogP contribution is 2.38. The first-order valence-electron chi connectivity index (χ1n) is 9.61. The number of hydrogen-bond donors (Lipinski definition) is 2. The molecule has 1 aliphatic rings. The van der Waals surface area contributed by atoms with Crippen molar-refractivity contribution in [3.63, 3.8) is 0 Å². The molecule has 6 nitrogen and oxygen atoms in total. The second-order valence-electron chi connectivity index (χ2n) is 6.50. The third kappa shape index (κ3) is 5.37. The predicted molar refractivity (Wildman–Crippen MR) is 116 cm³/mol. The molecule has 0 radical (unpaired) electrons. The first-order valence-corrected chi connectivity index (χ1v) is 9.99. The SMILES string of the molecule is CCOC(=O)/C=C/CNCCCN1c2ccccc2NC(=O)c2ccc(Cl)cc21. The number of anilines is 3. The van der Waals surface area contributed by atoms with Crippen LogP contribution in [0.15, 0.2) is 54.6 Å². The Morgan fingerprint density at radius 2 is 2.07 bits per heavy atom. The number of hydrogen-bond acceptors (Lipinski definition) is 5. The summed E-state index contributed by atoms with van der Waals surface area (Å²) in [5, 5.41) is 6.84. The number of nitrogens with zero attached hydrogens (tertiary/aromatic N) is 1. The zero-order chi connectivity index (χ0) is 20.6. The minimum atomic E-state index is -0.332. The van der Waals surface area contributed by atoms with Crippen molar-refractivity contribution in [3.8, 4) is 0 Å². The van der Waals surface area contributed by atoms with Crippen LogP contribution < -0.4 is 15.5 Å². The molecule has 152 valence electrons. The van der Waals surface area contributed by atoms with Crippen LogP contribution in [0.1, 0.15) is 23.7 Å². The molecule has 7 heteroatoms. The molecule has 2 aromatic carbocycles. The second-order valence-corrected chi connectivity index (χ2v) is 6.93. The lowest BCUT2D eigenvalue weighted by atomic mass is 10.1. The van der Waals surface area contributed by atoms with Gasteiger partial charge in [-0.05, 0) is 50.2 Å². The van der Waals surface area contributed by atoms with Gasteiger partial charge in [0.05, 0.1) is 29.2 Å². The maximum atomic E-state index is 12.6. The van der Waals surface area contributed by atoms with E-state index in [0.717, 1.165) is 30.0 Å². The fourth-order valence-corrected chi connectivity index (χ4v) is 3.35. The van der Waals surface area contributed by atoms with Crippen molar-refractivity contribution in [3.05, 3.63) is 65.2 Å². The lowest BCUT2D eigenvalue weighted by Crippen LogP contribution is -2.24. The number of carbonyl (C=O) groups is 2. The molecule has 0 aromatic heterocycles. The maximum Gasteiger partial charge on any atom is 0.330 e. The van der Waals surface area contributed by atoms with Gasteiger partial charge in [-0.25, -0.2) is 4.79 Å². The Balaban J connectivity index is 1.67. The Labute approximate surface area is 175 Å². The molecule has 2 aromatic rings. The molecule has 29 heavy (non-hydrogen) atoms. The molecule has 0 saturated heterocycles. The summed E-state index contributed by atoms with van der Waals surface area (Å²) >= 11 is 6.22. The minimum Gasteiger partial charge on any atom is -0.463 e. The van der Waals surface area contributed by atoms with E-state index in [1.165, 1.54) is 6.08 Å². The highest BCUT2D eigenvalue weighted by atomic mass is 35.5. The van der Waals surface area contributed by atoms with Gasteiger partial charge in [0, 0.05) is 24.2 Å². The number of esters is 1. The summed E-state index contributed by atoms with van der Waals surface area (Å²) in [6.07, 6.45) is 4.01. The Morgan fingerprint density at radius 3 is 2.90 bits per heavy atom. The van der Waals surface area contributed by atoms with Crippen LogP contribution in [0.2, 0.25) is 5.02 Å². The van der Waals surface area contributed by atoms with Crippen LogP contribution in [0.4, 0.5) is 17.1 Å². The highest BCUT2D eigenvalue weighted by molar-refractivity contribution is 6.31. The summed E-state index contributed by atoms with van der Waals surface area (Å²) in [6, 6.07) is 13.0. The van der Waals surface area contributed by atoms with Crippen molar-refractivity contribution < 1.29 is 14.3 Å². The number of para-hydroxylation sites is 2. The number of carbonyl (C=O) groups excluding carboxylic acids is 2. The molecule has 0 aliphatic carbocycles. The zero-order valence-electron chi connectivity index (χ0n) is 16.3. The number of amides is 1. The Kier molecular flexibility index (Phi) is 7.27. The van der Waals surface area contributed by atoms with Gasteiger partial charge in [0.15, 0.2) is 0 Å². The lowest BCUT2D eigenvalue weighted by molar-refractivity contribution is -0.137. The number of benzene rings is 2. The largest absolute Gasteiger partial charge is 0.463 e. The first-order chi connectivity index (χ1) is 14.1. The number of rotatable bonds is 8. The van der Waals surface area contributed by atoms with Crippen LogP contribution in [0.25, 0.3) is 0 Å². The van der Waals surface area contributed by atoms with E-state index in [2.05, 4.69) is 15.5 Å². The van der Waals surface area contributed by atoms with Gasteiger partial charge >= 0.3 is 5.97 Å². The first kappa shape index (κ1) is 20.9. The Morgan fingerprint density at radius 1 is 1.24 bits per heavy atom. The third-order valence-corrected chi connectivity index (χ3v) is 4.71. The molecule has 0 fully saturated rings. The molecule has 2 N–H and O–H groups in total. The average Bonchev–Trinajstić information content (AvgIpc) is 2.81. The summed E-state index contributed by atoms with van der Waals surface area (Å²) < 4.78 is 4.84. The monoisotopic (exact) mass is 413 g/mol. The number of halogens is 1. The molecule has 0 spiro atoms. The predicted octanol–water partition coefficient (Wildman–Crippen LogP) is 4.14. The maximum absolute atomic E-state index is 12.6. The van der Waals surface area contributed by atoms with E-state index >= 15 is 0 Å². The van der Waals surface area contributed by atoms with E-state index in [1.54, 1.807) is 25.1 Å². The van der Waals surface area contributed by atoms with Gasteiger partial charge in [0.2, 0.25) is 0 Å². The van der Waals surface area contributed by atoms with Gasteiger partial charge in [0.25, 0.3) is 5.91 Å². The van der Waals surface area contributed by atoms with Gasteiger partial charge in [-0.3, -0.25) is 4.79 Å². The van der Waals surface area contributed by atoms with Crippen LogP contribution in [0.5, 0.6) is 0 Å². The topological polar surface area (TPSA) is 70.7 Å². The van der Waals surface area contributed by atoms with Gasteiger partial charge in [0.1, 0.15) is 0 Å². The van der Waals surface area contributed by atoms with E-state index < -0.39 is 0 Å². The van der Waals surface area contributed by atoms with Crippen molar-refractivity contribution in [2.45, 2.75) is 13.3 Å². The molecule has 1 amide bonds. The van der Waals surface area contributed by atoms with E-state index in [-0.39, 0.29) is 11.9 Å². The number of nitrogens with one attached hydrogen (secondary N) is 2. The van der Waals surface area contributed by atoms with E-state index in [0.29, 0.717) is 30.3 Å². The van der Waals surface area contributed by atoms with Crippen LogP contribution in [0, 0.1) is 0 Å². The van der Waals surface area contributed by atoms with Gasteiger partial charge in [-0.2, -0.15) is 0 Å².